The van der Waals surface area contributed by atoms with Crippen LogP contribution in [0.3, 0.4) is 0 Å². The maximum Gasteiger partial charge on any atom is 0.315 e. The molecule has 0 atom stereocenters. The van der Waals surface area contributed by atoms with Gasteiger partial charge in [-0.1, -0.05) is 18.2 Å². The maximum absolute atomic E-state index is 11.8. The number of carbonyl (C=O) groups is 1. The molecule has 2 heterocycles. The van der Waals surface area contributed by atoms with Crippen molar-refractivity contribution in [3.63, 3.8) is 0 Å². The van der Waals surface area contributed by atoms with E-state index in [2.05, 4.69) is 39.8 Å². The SMILES string of the molecule is O=C(NC1CCN(c2ccccc2)CC1)NC1CSC1. The lowest BCUT2D eigenvalue weighted by Gasteiger charge is -2.34. The second-order valence-electron chi connectivity index (χ2n) is 5.45. The molecule has 2 fully saturated rings. The molecule has 1 aromatic rings. The van der Waals surface area contributed by atoms with Crippen LogP contribution in [0.25, 0.3) is 0 Å². The minimum Gasteiger partial charge on any atom is -0.371 e. The Labute approximate surface area is 124 Å². The van der Waals surface area contributed by atoms with Gasteiger partial charge in [0.25, 0.3) is 0 Å². The van der Waals surface area contributed by atoms with Crippen LogP contribution in [-0.2, 0) is 0 Å². The number of urea groups is 1. The monoisotopic (exact) mass is 291 g/mol. The quantitative estimate of drug-likeness (QED) is 0.896. The third-order valence-electron chi connectivity index (χ3n) is 3.92. The van der Waals surface area contributed by atoms with E-state index in [1.807, 2.05) is 17.8 Å². The third-order valence-corrected chi connectivity index (χ3v) is 5.20. The number of carbonyl (C=O) groups excluding carboxylic acids is 1. The minimum absolute atomic E-state index is 0.00783. The fourth-order valence-corrected chi connectivity index (χ4v) is 3.29. The lowest BCUT2D eigenvalue weighted by atomic mass is 10.0. The van der Waals surface area contributed by atoms with Gasteiger partial charge in [-0.15, -0.1) is 0 Å². The zero-order chi connectivity index (χ0) is 13.8. The molecule has 0 bridgehead atoms. The van der Waals surface area contributed by atoms with Crippen LogP contribution in [0, 0.1) is 0 Å². The minimum atomic E-state index is 0.00783. The fraction of sp³-hybridized carbons (Fsp3) is 0.533. The van der Waals surface area contributed by atoms with Crippen molar-refractivity contribution in [2.24, 2.45) is 0 Å². The van der Waals surface area contributed by atoms with Crippen molar-refractivity contribution in [2.75, 3.05) is 29.5 Å². The molecule has 20 heavy (non-hydrogen) atoms. The largest absolute Gasteiger partial charge is 0.371 e. The van der Waals surface area contributed by atoms with Gasteiger partial charge in [0.2, 0.25) is 0 Å². The van der Waals surface area contributed by atoms with Crippen LogP contribution >= 0.6 is 11.8 Å². The molecule has 4 nitrogen and oxygen atoms in total. The number of anilines is 1. The van der Waals surface area contributed by atoms with E-state index in [1.165, 1.54) is 5.69 Å². The first-order valence-electron chi connectivity index (χ1n) is 7.26. The van der Waals surface area contributed by atoms with Gasteiger partial charge < -0.3 is 15.5 Å². The van der Waals surface area contributed by atoms with Crippen molar-refractivity contribution in [1.29, 1.82) is 0 Å². The molecule has 3 rings (SSSR count). The number of para-hydroxylation sites is 1. The molecule has 0 aliphatic carbocycles. The molecule has 0 aromatic heterocycles. The Balaban J connectivity index is 1.43. The molecule has 2 aliphatic rings. The van der Waals surface area contributed by atoms with E-state index in [-0.39, 0.29) is 6.03 Å². The van der Waals surface area contributed by atoms with E-state index in [1.54, 1.807) is 0 Å². The summed E-state index contributed by atoms with van der Waals surface area (Å²) in [4.78, 5) is 14.2. The van der Waals surface area contributed by atoms with E-state index in [9.17, 15) is 4.79 Å². The molecule has 5 heteroatoms. The Hall–Kier alpha value is -1.36. The van der Waals surface area contributed by atoms with Crippen molar-refractivity contribution in [3.8, 4) is 0 Å². The molecule has 108 valence electrons. The average molecular weight is 291 g/mol. The number of rotatable bonds is 3. The number of benzene rings is 1. The van der Waals surface area contributed by atoms with Crippen LogP contribution in [0.2, 0.25) is 0 Å². The summed E-state index contributed by atoms with van der Waals surface area (Å²) in [6, 6.07) is 11.2. The van der Waals surface area contributed by atoms with Crippen LogP contribution in [0.5, 0.6) is 0 Å². The van der Waals surface area contributed by atoms with Crippen LogP contribution in [-0.4, -0.2) is 42.7 Å². The van der Waals surface area contributed by atoms with Gasteiger partial charge >= 0.3 is 6.03 Å². The lowest BCUT2D eigenvalue weighted by molar-refractivity contribution is 0.232. The normalized spacial score (nSPS) is 20.3. The lowest BCUT2D eigenvalue weighted by Crippen LogP contribution is -2.53. The average Bonchev–Trinajstić information content (AvgIpc) is 2.45. The summed E-state index contributed by atoms with van der Waals surface area (Å²) in [6.07, 6.45) is 2.03. The summed E-state index contributed by atoms with van der Waals surface area (Å²) in [5, 5.41) is 6.13. The summed E-state index contributed by atoms with van der Waals surface area (Å²) >= 11 is 1.88. The van der Waals surface area contributed by atoms with Gasteiger partial charge in [-0.2, -0.15) is 11.8 Å². The number of hydrogen-bond acceptors (Lipinski definition) is 3. The number of piperidine rings is 1. The highest BCUT2D eigenvalue weighted by molar-refractivity contribution is 8.00. The summed E-state index contributed by atoms with van der Waals surface area (Å²) < 4.78 is 0. The molecule has 2 N–H and O–H groups in total. The molecule has 0 unspecified atom stereocenters. The molecule has 0 saturated carbocycles. The highest BCUT2D eigenvalue weighted by atomic mass is 32.2. The van der Waals surface area contributed by atoms with Crippen molar-refractivity contribution >= 4 is 23.5 Å². The second kappa shape index (κ2) is 6.39. The van der Waals surface area contributed by atoms with Gasteiger partial charge in [-0.3, -0.25) is 0 Å². The molecular formula is C15H21N3OS. The molecule has 2 saturated heterocycles. The number of nitrogens with one attached hydrogen (secondary N) is 2. The van der Waals surface area contributed by atoms with Crippen molar-refractivity contribution in [1.82, 2.24) is 10.6 Å². The molecular weight excluding hydrogens is 270 g/mol. The summed E-state index contributed by atoms with van der Waals surface area (Å²) in [6.45, 7) is 2.02. The van der Waals surface area contributed by atoms with E-state index < -0.39 is 0 Å². The van der Waals surface area contributed by atoms with Crippen LogP contribution < -0.4 is 15.5 Å². The number of nitrogens with zero attached hydrogens (tertiary/aromatic N) is 1. The number of thioether (sulfide) groups is 1. The van der Waals surface area contributed by atoms with Crippen molar-refractivity contribution in [2.45, 2.75) is 24.9 Å². The molecule has 2 amide bonds. The first-order chi connectivity index (χ1) is 9.81. The fourth-order valence-electron chi connectivity index (χ4n) is 2.65. The Morgan fingerprint density at radius 2 is 1.70 bits per heavy atom. The highest BCUT2D eigenvalue weighted by Gasteiger charge is 2.24. The van der Waals surface area contributed by atoms with E-state index in [0.29, 0.717) is 12.1 Å². The third kappa shape index (κ3) is 3.39. The maximum atomic E-state index is 11.8. The zero-order valence-corrected chi connectivity index (χ0v) is 12.4. The first-order valence-corrected chi connectivity index (χ1v) is 8.41. The Kier molecular flexibility index (Phi) is 4.35. The zero-order valence-electron chi connectivity index (χ0n) is 11.5. The van der Waals surface area contributed by atoms with E-state index in [0.717, 1.165) is 37.4 Å². The van der Waals surface area contributed by atoms with Crippen LogP contribution in [0.1, 0.15) is 12.8 Å². The van der Waals surface area contributed by atoms with Gasteiger partial charge in [0.1, 0.15) is 0 Å². The molecule has 1 aromatic carbocycles. The predicted molar refractivity (Wildman–Crippen MR) is 84.5 cm³/mol. The second-order valence-corrected chi connectivity index (χ2v) is 6.52. The molecule has 0 spiro atoms. The van der Waals surface area contributed by atoms with E-state index >= 15 is 0 Å². The summed E-state index contributed by atoms with van der Waals surface area (Å²) in [5.74, 6) is 2.11. The van der Waals surface area contributed by atoms with E-state index in [4.69, 9.17) is 0 Å². The van der Waals surface area contributed by atoms with Gasteiger partial charge in [0, 0.05) is 42.4 Å². The standard InChI is InChI=1S/C15H21N3OS/c19-15(17-13-10-20-11-13)16-12-6-8-18(9-7-12)14-4-2-1-3-5-14/h1-5,12-13H,6-11H2,(H2,16,17,19). The first kappa shape index (κ1) is 13.6. The summed E-state index contributed by atoms with van der Waals surface area (Å²) in [7, 11) is 0. The Morgan fingerprint density at radius 3 is 2.30 bits per heavy atom. The topological polar surface area (TPSA) is 44.4 Å². The Morgan fingerprint density at radius 1 is 1.05 bits per heavy atom. The van der Waals surface area contributed by atoms with Gasteiger partial charge in [0.15, 0.2) is 0 Å². The van der Waals surface area contributed by atoms with Gasteiger partial charge in [-0.25, -0.2) is 4.79 Å². The summed E-state index contributed by atoms with van der Waals surface area (Å²) in [5.41, 5.74) is 1.28. The Bertz CT molecular complexity index is 442. The molecule has 2 aliphatic heterocycles. The van der Waals surface area contributed by atoms with Gasteiger partial charge in [-0.05, 0) is 25.0 Å². The van der Waals surface area contributed by atoms with Crippen molar-refractivity contribution < 1.29 is 4.79 Å². The smallest absolute Gasteiger partial charge is 0.315 e. The number of hydrogen-bond donors (Lipinski definition) is 2. The van der Waals surface area contributed by atoms with Crippen LogP contribution in [0.4, 0.5) is 10.5 Å². The molecule has 0 radical (unpaired) electrons. The predicted octanol–water partition coefficient (Wildman–Crippen LogP) is 2.07. The van der Waals surface area contributed by atoms with Crippen LogP contribution in [0.15, 0.2) is 30.3 Å². The van der Waals surface area contributed by atoms with Gasteiger partial charge in [0.05, 0.1) is 0 Å². The number of amides is 2. The van der Waals surface area contributed by atoms with Crippen molar-refractivity contribution in [3.05, 3.63) is 30.3 Å². The highest BCUT2D eigenvalue weighted by Crippen LogP contribution is 2.20.